The molecule has 0 amide bonds. The van der Waals surface area contributed by atoms with Crippen molar-refractivity contribution in [2.24, 2.45) is 5.92 Å². The van der Waals surface area contributed by atoms with Gasteiger partial charge in [0.25, 0.3) is 0 Å². The molecule has 29 heavy (non-hydrogen) atoms. The summed E-state index contributed by atoms with van der Waals surface area (Å²) in [6.45, 7) is 1.93. The van der Waals surface area contributed by atoms with Crippen molar-refractivity contribution in [1.82, 2.24) is 14.9 Å². The summed E-state index contributed by atoms with van der Waals surface area (Å²) < 4.78 is 0. The smallest absolute Gasteiger partial charge is 0.130 e. The summed E-state index contributed by atoms with van der Waals surface area (Å²) in [5.41, 5.74) is 2.10. The maximum atomic E-state index is 12.1. The third-order valence-electron chi connectivity index (χ3n) is 6.29. The Bertz CT molecular complexity index is 1030. The molecule has 5 heteroatoms. The molecular weight excluding hydrogens is 378 g/mol. The van der Waals surface area contributed by atoms with Gasteiger partial charge in [-0.05, 0) is 49.5 Å². The van der Waals surface area contributed by atoms with Gasteiger partial charge in [-0.15, -0.1) is 17.8 Å². The van der Waals surface area contributed by atoms with Crippen LogP contribution in [0.5, 0.6) is 0 Å². The van der Waals surface area contributed by atoms with Gasteiger partial charge >= 0.3 is 0 Å². The number of hydrogen-bond acceptors (Lipinski definition) is 5. The second-order valence-corrected chi connectivity index (χ2v) is 8.90. The summed E-state index contributed by atoms with van der Waals surface area (Å²) in [5, 5.41) is 13.0. The molecule has 2 aromatic heterocycles. The summed E-state index contributed by atoms with van der Waals surface area (Å²) in [4.78, 5) is 12.3. The van der Waals surface area contributed by atoms with E-state index < -0.39 is 5.60 Å². The van der Waals surface area contributed by atoms with Gasteiger partial charge in [0.1, 0.15) is 16.7 Å². The molecule has 0 radical (unpaired) electrons. The van der Waals surface area contributed by atoms with Crippen LogP contribution in [0.2, 0.25) is 0 Å². The van der Waals surface area contributed by atoms with Gasteiger partial charge in [0.05, 0.1) is 10.6 Å². The molecular formula is C24H23N3OS. The predicted octanol–water partition coefficient (Wildman–Crippen LogP) is 3.71. The quantitative estimate of drug-likeness (QED) is 0.677. The number of terminal acetylenes is 1. The fourth-order valence-electron chi connectivity index (χ4n) is 4.83. The molecule has 2 atom stereocenters. The van der Waals surface area contributed by atoms with Crippen molar-refractivity contribution in [3.05, 3.63) is 71.0 Å². The van der Waals surface area contributed by atoms with Crippen molar-refractivity contribution < 1.29 is 5.11 Å². The third-order valence-corrected chi connectivity index (χ3v) is 7.58. The number of aliphatic hydroxyl groups is 1. The zero-order chi connectivity index (χ0) is 19.8. The van der Waals surface area contributed by atoms with Crippen molar-refractivity contribution in [3.8, 4) is 22.9 Å². The number of rotatable bonds is 4. The van der Waals surface area contributed by atoms with Crippen LogP contribution in [-0.2, 0) is 12.0 Å². The molecule has 3 aliphatic rings. The van der Waals surface area contributed by atoms with Gasteiger partial charge in [-0.3, -0.25) is 9.88 Å². The number of fused-ring (bicyclic) bond motifs is 3. The van der Waals surface area contributed by atoms with Crippen LogP contribution in [-0.4, -0.2) is 39.1 Å². The van der Waals surface area contributed by atoms with Crippen molar-refractivity contribution in [3.63, 3.8) is 0 Å². The molecule has 0 aliphatic carbocycles. The molecule has 5 heterocycles. The van der Waals surface area contributed by atoms with E-state index in [9.17, 15) is 5.11 Å². The largest absolute Gasteiger partial charge is 0.381 e. The molecule has 3 fully saturated rings. The maximum Gasteiger partial charge on any atom is 0.130 e. The SMILES string of the molecule is C#CC1N2CCC(CC2)C1(O)c1sc(-c2ccncc2)nc1Cc1ccccc1. The highest BCUT2D eigenvalue weighted by Crippen LogP contribution is 2.50. The molecule has 4 nitrogen and oxygen atoms in total. The molecule has 3 aliphatic heterocycles. The minimum atomic E-state index is -1.04. The van der Waals surface area contributed by atoms with E-state index in [2.05, 4.69) is 27.9 Å². The van der Waals surface area contributed by atoms with Crippen LogP contribution in [0.25, 0.3) is 10.6 Å². The number of pyridine rings is 1. The molecule has 1 N–H and O–H groups in total. The Labute approximate surface area is 175 Å². The average Bonchev–Trinajstić information content (AvgIpc) is 3.20. The molecule has 0 saturated carbocycles. The number of nitrogens with zero attached hydrogens (tertiary/aromatic N) is 3. The molecule has 3 aromatic rings. The summed E-state index contributed by atoms with van der Waals surface area (Å²) in [6.07, 6.45) is 12.1. The third kappa shape index (κ3) is 3.08. The fourth-order valence-corrected chi connectivity index (χ4v) is 6.11. The van der Waals surface area contributed by atoms with Crippen LogP contribution >= 0.6 is 11.3 Å². The van der Waals surface area contributed by atoms with Gasteiger partial charge in [-0.25, -0.2) is 4.98 Å². The van der Waals surface area contributed by atoms with Crippen LogP contribution in [0.1, 0.15) is 29.0 Å². The molecule has 2 bridgehead atoms. The Morgan fingerprint density at radius 1 is 1.14 bits per heavy atom. The number of benzene rings is 1. The lowest BCUT2D eigenvalue weighted by molar-refractivity contribution is -0.141. The van der Waals surface area contributed by atoms with Gasteiger partial charge in [-0.1, -0.05) is 36.3 Å². The minimum absolute atomic E-state index is 0.175. The van der Waals surface area contributed by atoms with E-state index in [-0.39, 0.29) is 12.0 Å². The number of piperidine rings is 3. The number of hydrogen-bond donors (Lipinski definition) is 1. The summed E-state index contributed by atoms with van der Waals surface area (Å²) in [6, 6.07) is 13.9. The lowest BCUT2D eigenvalue weighted by Gasteiger charge is -2.54. The van der Waals surface area contributed by atoms with Crippen LogP contribution < -0.4 is 0 Å². The van der Waals surface area contributed by atoms with Crippen molar-refractivity contribution in [1.29, 1.82) is 0 Å². The summed E-state index contributed by atoms with van der Waals surface area (Å²) in [7, 11) is 0. The van der Waals surface area contributed by atoms with E-state index in [1.807, 2.05) is 30.3 Å². The molecule has 2 unspecified atom stereocenters. The standard InChI is InChI=1S/C24H23N3OS/c1-2-21-24(28,19-10-14-27(21)15-11-19)22-20(16-17-6-4-3-5-7-17)26-23(29-22)18-8-12-25-13-9-18/h1,3-9,12-13,19,21,28H,10-11,14-16H2. The lowest BCUT2D eigenvalue weighted by Crippen LogP contribution is -2.63. The van der Waals surface area contributed by atoms with Gasteiger partial charge in [0.15, 0.2) is 0 Å². The molecule has 1 aromatic carbocycles. The topological polar surface area (TPSA) is 49.2 Å². The van der Waals surface area contributed by atoms with Gasteiger partial charge < -0.3 is 5.11 Å². The first kappa shape index (κ1) is 18.5. The highest BCUT2D eigenvalue weighted by molar-refractivity contribution is 7.15. The fraction of sp³-hybridized carbons (Fsp3) is 0.333. The summed E-state index contributed by atoms with van der Waals surface area (Å²) in [5.74, 6) is 3.08. The Hall–Kier alpha value is -2.52. The van der Waals surface area contributed by atoms with Crippen LogP contribution in [0.4, 0.5) is 0 Å². The zero-order valence-electron chi connectivity index (χ0n) is 16.2. The molecule has 146 valence electrons. The van der Waals surface area contributed by atoms with Crippen molar-refractivity contribution in [2.75, 3.05) is 13.1 Å². The van der Waals surface area contributed by atoms with Gasteiger partial charge in [-0.2, -0.15) is 0 Å². The average molecular weight is 402 g/mol. The predicted molar refractivity (Wildman–Crippen MR) is 115 cm³/mol. The first-order valence-corrected chi connectivity index (χ1v) is 10.9. The Morgan fingerprint density at radius 3 is 2.55 bits per heavy atom. The van der Waals surface area contributed by atoms with Crippen molar-refractivity contribution in [2.45, 2.75) is 30.9 Å². The van der Waals surface area contributed by atoms with Gasteiger partial charge in [0.2, 0.25) is 0 Å². The van der Waals surface area contributed by atoms with Gasteiger partial charge in [0, 0.05) is 24.4 Å². The monoisotopic (exact) mass is 401 g/mol. The normalized spacial score (nSPS) is 28.2. The Balaban J connectivity index is 1.64. The Morgan fingerprint density at radius 2 is 1.86 bits per heavy atom. The molecule has 0 spiro atoms. The minimum Gasteiger partial charge on any atom is -0.381 e. The highest BCUT2D eigenvalue weighted by Gasteiger charge is 2.55. The van der Waals surface area contributed by atoms with Crippen LogP contribution in [0, 0.1) is 18.3 Å². The molecule has 3 saturated heterocycles. The summed E-state index contributed by atoms with van der Waals surface area (Å²) >= 11 is 1.58. The van der Waals surface area contributed by atoms with E-state index in [1.165, 1.54) is 5.56 Å². The highest BCUT2D eigenvalue weighted by atomic mass is 32.1. The molecule has 6 rings (SSSR count). The lowest BCUT2D eigenvalue weighted by atomic mass is 9.69. The van der Waals surface area contributed by atoms with E-state index in [0.29, 0.717) is 6.42 Å². The van der Waals surface area contributed by atoms with Crippen LogP contribution in [0.3, 0.4) is 0 Å². The van der Waals surface area contributed by atoms with E-state index in [0.717, 1.165) is 47.1 Å². The van der Waals surface area contributed by atoms with Crippen LogP contribution in [0.15, 0.2) is 54.9 Å². The first-order valence-electron chi connectivity index (χ1n) is 10.1. The number of thiazole rings is 1. The Kier molecular flexibility index (Phi) is 4.71. The van der Waals surface area contributed by atoms with E-state index >= 15 is 0 Å². The van der Waals surface area contributed by atoms with Crippen molar-refractivity contribution >= 4 is 11.3 Å². The van der Waals surface area contributed by atoms with E-state index in [4.69, 9.17) is 11.4 Å². The van der Waals surface area contributed by atoms with E-state index in [1.54, 1.807) is 23.7 Å². The number of aromatic nitrogens is 2. The second-order valence-electron chi connectivity index (χ2n) is 7.90. The zero-order valence-corrected chi connectivity index (χ0v) is 17.0. The maximum absolute atomic E-state index is 12.1. The first-order chi connectivity index (χ1) is 14.2. The second kappa shape index (κ2) is 7.38.